The van der Waals surface area contributed by atoms with Crippen molar-refractivity contribution < 1.29 is 19.1 Å². The van der Waals surface area contributed by atoms with Gasteiger partial charge in [0.2, 0.25) is 5.56 Å². The van der Waals surface area contributed by atoms with Crippen LogP contribution >= 0.6 is 11.8 Å². The molecule has 1 aliphatic heterocycles. The van der Waals surface area contributed by atoms with E-state index in [1.54, 1.807) is 11.8 Å². The van der Waals surface area contributed by atoms with Gasteiger partial charge in [-0.2, -0.15) is 0 Å². The summed E-state index contributed by atoms with van der Waals surface area (Å²) in [6.07, 6.45) is 2.36. The maximum atomic E-state index is 12.1. The average molecular weight is 485 g/mol. The van der Waals surface area contributed by atoms with Crippen molar-refractivity contribution in [3.63, 3.8) is 0 Å². The molecule has 1 aliphatic carbocycles. The lowest BCUT2D eigenvalue weighted by Crippen LogP contribution is -2.39. The molecular formula is C25H32N4O4S. The Hall–Kier alpha value is -2.75. The standard InChI is InChI=1S/C25H32N4O4S/c26-19(15-29-24(31)33-25-28-12-13-34-25)8-3-4-11-27-23(30)32-16-18-7-5-10-21-20-9-2-1-6-17(20)14-22(18)21/h1-2,5-7,9-10,19,25,28H,3-4,8,11-16,26H2,(H,27,30)(H,29,31). The molecule has 5 N–H and O–H groups in total. The van der Waals surface area contributed by atoms with Crippen molar-refractivity contribution in [3.8, 4) is 11.1 Å². The Labute approximate surface area is 204 Å². The summed E-state index contributed by atoms with van der Waals surface area (Å²) in [4.78, 5) is 23.9. The number of nitrogens with one attached hydrogen (secondary N) is 3. The van der Waals surface area contributed by atoms with Crippen LogP contribution in [0.5, 0.6) is 0 Å². The van der Waals surface area contributed by atoms with Gasteiger partial charge in [-0.25, -0.2) is 9.59 Å². The fourth-order valence-electron chi connectivity index (χ4n) is 4.21. The molecule has 1 heterocycles. The van der Waals surface area contributed by atoms with E-state index in [0.717, 1.165) is 43.5 Å². The number of nitrogens with two attached hydrogens (primary N) is 1. The summed E-state index contributed by atoms with van der Waals surface area (Å²) >= 11 is 1.56. The van der Waals surface area contributed by atoms with Gasteiger partial charge in [-0.05, 0) is 47.1 Å². The van der Waals surface area contributed by atoms with E-state index in [-0.39, 0.29) is 18.2 Å². The molecule has 2 unspecified atom stereocenters. The average Bonchev–Trinajstić information content (AvgIpc) is 3.49. The van der Waals surface area contributed by atoms with Gasteiger partial charge < -0.3 is 25.8 Å². The monoisotopic (exact) mass is 484 g/mol. The highest BCUT2D eigenvalue weighted by Crippen LogP contribution is 2.38. The van der Waals surface area contributed by atoms with Gasteiger partial charge in [0.1, 0.15) is 6.61 Å². The second-order valence-corrected chi connectivity index (χ2v) is 9.65. The Balaban J connectivity index is 1.08. The van der Waals surface area contributed by atoms with Crippen LogP contribution in [-0.2, 0) is 22.5 Å². The van der Waals surface area contributed by atoms with Crippen molar-refractivity contribution in [2.24, 2.45) is 5.73 Å². The van der Waals surface area contributed by atoms with E-state index in [1.807, 2.05) is 12.1 Å². The van der Waals surface area contributed by atoms with Crippen molar-refractivity contribution in [3.05, 3.63) is 59.2 Å². The molecule has 2 aromatic rings. The van der Waals surface area contributed by atoms with Crippen LogP contribution in [0.25, 0.3) is 11.1 Å². The number of carbonyl (C=O) groups excluding carboxylic acids is 2. The number of ether oxygens (including phenoxy) is 2. The van der Waals surface area contributed by atoms with Gasteiger partial charge >= 0.3 is 12.2 Å². The van der Waals surface area contributed by atoms with Gasteiger partial charge in [0.05, 0.1) is 0 Å². The Kier molecular flexibility index (Phi) is 8.67. The first-order chi connectivity index (χ1) is 16.6. The van der Waals surface area contributed by atoms with E-state index in [4.69, 9.17) is 15.2 Å². The van der Waals surface area contributed by atoms with E-state index in [0.29, 0.717) is 13.1 Å². The first-order valence-electron chi connectivity index (χ1n) is 11.7. The lowest BCUT2D eigenvalue weighted by molar-refractivity contribution is 0.125. The van der Waals surface area contributed by atoms with Crippen molar-refractivity contribution in [2.75, 3.05) is 25.4 Å². The second kappa shape index (κ2) is 12.1. The first kappa shape index (κ1) is 24.4. The van der Waals surface area contributed by atoms with Crippen LogP contribution in [0, 0.1) is 0 Å². The van der Waals surface area contributed by atoms with Gasteiger partial charge in [-0.15, -0.1) is 11.8 Å². The number of rotatable bonds is 10. The zero-order valence-corrected chi connectivity index (χ0v) is 20.0. The maximum absolute atomic E-state index is 12.1. The molecule has 0 aromatic heterocycles. The van der Waals surface area contributed by atoms with E-state index >= 15 is 0 Å². The predicted octanol–water partition coefficient (Wildman–Crippen LogP) is 3.33. The van der Waals surface area contributed by atoms with E-state index in [2.05, 4.69) is 46.3 Å². The lowest BCUT2D eigenvalue weighted by Gasteiger charge is -2.15. The number of alkyl carbamates (subject to hydrolysis) is 2. The number of amides is 2. The Morgan fingerprint density at radius 1 is 1.09 bits per heavy atom. The Bertz CT molecular complexity index is 997. The predicted molar refractivity (Wildman–Crippen MR) is 133 cm³/mol. The van der Waals surface area contributed by atoms with Gasteiger partial charge in [-0.3, -0.25) is 5.32 Å². The van der Waals surface area contributed by atoms with Gasteiger partial charge in [-0.1, -0.05) is 48.9 Å². The number of thioether (sulfide) groups is 1. The van der Waals surface area contributed by atoms with Crippen LogP contribution in [0.2, 0.25) is 0 Å². The molecular weight excluding hydrogens is 452 g/mol. The zero-order chi connectivity index (χ0) is 23.8. The fraction of sp³-hybridized carbons (Fsp3) is 0.440. The molecule has 2 atom stereocenters. The van der Waals surface area contributed by atoms with E-state index in [1.165, 1.54) is 22.3 Å². The quantitative estimate of drug-likeness (QED) is 0.326. The zero-order valence-electron chi connectivity index (χ0n) is 19.2. The third kappa shape index (κ3) is 6.65. The summed E-state index contributed by atoms with van der Waals surface area (Å²) in [5.41, 5.74) is 11.9. The molecule has 9 heteroatoms. The van der Waals surface area contributed by atoms with Crippen molar-refractivity contribution in [1.82, 2.24) is 16.0 Å². The number of hydrogen-bond donors (Lipinski definition) is 4. The van der Waals surface area contributed by atoms with Crippen LogP contribution in [0.1, 0.15) is 36.0 Å². The molecule has 0 saturated carbocycles. The summed E-state index contributed by atoms with van der Waals surface area (Å²) in [7, 11) is 0. The Morgan fingerprint density at radius 2 is 1.94 bits per heavy atom. The molecule has 0 radical (unpaired) electrons. The fourth-order valence-corrected chi connectivity index (χ4v) is 5.05. The third-order valence-electron chi connectivity index (χ3n) is 5.98. The summed E-state index contributed by atoms with van der Waals surface area (Å²) in [6.45, 7) is 1.97. The van der Waals surface area contributed by atoms with Crippen molar-refractivity contribution >= 4 is 23.9 Å². The number of unbranched alkanes of at least 4 members (excludes halogenated alkanes) is 1. The molecule has 182 valence electrons. The summed E-state index contributed by atoms with van der Waals surface area (Å²) in [6, 6.07) is 14.4. The molecule has 2 aromatic carbocycles. The van der Waals surface area contributed by atoms with Crippen molar-refractivity contribution in [1.29, 1.82) is 0 Å². The first-order valence-corrected chi connectivity index (χ1v) is 12.8. The number of fused-ring (bicyclic) bond motifs is 3. The van der Waals surface area contributed by atoms with E-state index in [9.17, 15) is 9.59 Å². The molecule has 4 rings (SSSR count). The number of hydrogen-bond acceptors (Lipinski definition) is 7. The summed E-state index contributed by atoms with van der Waals surface area (Å²) in [5, 5.41) is 8.57. The molecule has 0 spiro atoms. The largest absolute Gasteiger partial charge is 0.445 e. The molecule has 2 amide bonds. The second-order valence-electron chi connectivity index (χ2n) is 8.48. The minimum atomic E-state index is -0.459. The van der Waals surface area contributed by atoms with Crippen LogP contribution in [-0.4, -0.2) is 49.2 Å². The topological polar surface area (TPSA) is 115 Å². The smallest absolute Gasteiger partial charge is 0.409 e. The highest BCUT2D eigenvalue weighted by atomic mass is 32.2. The molecule has 0 bridgehead atoms. The summed E-state index contributed by atoms with van der Waals surface area (Å²) < 4.78 is 10.7. The summed E-state index contributed by atoms with van der Waals surface area (Å²) in [5.74, 6) is 0.933. The van der Waals surface area contributed by atoms with Crippen molar-refractivity contribution in [2.45, 2.75) is 43.9 Å². The molecule has 1 fully saturated rings. The Morgan fingerprint density at radius 3 is 2.79 bits per heavy atom. The van der Waals surface area contributed by atoms with Gasteiger partial charge in [0.25, 0.3) is 0 Å². The highest BCUT2D eigenvalue weighted by molar-refractivity contribution is 8.00. The number of carbonyl (C=O) groups is 2. The lowest BCUT2D eigenvalue weighted by atomic mass is 10.0. The van der Waals surface area contributed by atoms with Gasteiger partial charge in [0, 0.05) is 31.4 Å². The number of benzene rings is 2. The molecule has 8 nitrogen and oxygen atoms in total. The molecule has 2 aliphatic rings. The molecule has 1 saturated heterocycles. The van der Waals surface area contributed by atoms with E-state index < -0.39 is 12.2 Å². The van der Waals surface area contributed by atoms with Crippen LogP contribution in [0.4, 0.5) is 9.59 Å². The minimum absolute atomic E-state index is 0.159. The minimum Gasteiger partial charge on any atom is -0.445 e. The van der Waals surface area contributed by atoms with Crippen LogP contribution in [0.3, 0.4) is 0 Å². The highest BCUT2D eigenvalue weighted by Gasteiger charge is 2.21. The van der Waals surface area contributed by atoms with Gasteiger partial charge in [0.15, 0.2) is 0 Å². The normalized spacial score (nSPS) is 16.9. The maximum Gasteiger partial charge on any atom is 0.409 e. The van der Waals surface area contributed by atoms with Crippen LogP contribution < -0.4 is 21.7 Å². The molecule has 34 heavy (non-hydrogen) atoms. The van der Waals surface area contributed by atoms with Crippen LogP contribution in [0.15, 0.2) is 42.5 Å². The SMILES string of the molecule is NC(CCCCNC(=O)OCc1cccc2c1Cc1ccccc1-2)CNC(=O)OC1NCCS1. The third-order valence-corrected chi connectivity index (χ3v) is 6.99.